The number of aryl methyl sites for hydroxylation is 1. The molecular weight excluding hydrogens is 470 g/mol. The molecule has 2 aromatic heterocycles. The summed E-state index contributed by atoms with van der Waals surface area (Å²) in [5.41, 5.74) is -1.45. The first-order valence-electron chi connectivity index (χ1n) is 7.65. The van der Waals surface area contributed by atoms with E-state index < -0.39 is 34.3 Å². The first-order chi connectivity index (χ1) is 13.1. The van der Waals surface area contributed by atoms with Crippen LogP contribution in [-0.4, -0.2) is 25.5 Å². The molecule has 3 aromatic rings. The van der Waals surface area contributed by atoms with Crippen molar-refractivity contribution >= 4 is 39.3 Å². The van der Waals surface area contributed by atoms with Gasteiger partial charge in [-0.3, -0.25) is 14.2 Å². The molecule has 28 heavy (non-hydrogen) atoms. The maximum Gasteiger partial charge on any atom is 0.436 e. The average molecular weight is 481 g/mol. The zero-order valence-corrected chi connectivity index (χ0v) is 16.4. The van der Waals surface area contributed by atoms with Gasteiger partial charge in [0.1, 0.15) is 16.5 Å². The number of nitrogens with one attached hydrogen (secondary N) is 1. The molecule has 0 aliphatic carbocycles. The lowest BCUT2D eigenvalue weighted by molar-refractivity contribution is -0.141. The maximum absolute atomic E-state index is 13.8. The molecule has 0 spiro atoms. The molecule has 0 saturated heterocycles. The van der Waals surface area contributed by atoms with E-state index in [1.54, 1.807) is 18.2 Å². The molecule has 2 heterocycles. The number of anilines is 1. The van der Waals surface area contributed by atoms with Crippen LogP contribution in [0.1, 0.15) is 21.7 Å². The lowest BCUT2D eigenvalue weighted by Gasteiger charge is -2.05. The van der Waals surface area contributed by atoms with Gasteiger partial charge >= 0.3 is 6.18 Å². The lowest BCUT2D eigenvalue weighted by atomic mass is 10.2. The summed E-state index contributed by atoms with van der Waals surface area (Å²) in [4.78, 5) is 12.4. The van der Waals surface area contributed by atoms with Crippen LogP contribution in [0.4, 0.5) is 23.4 Å². The summed E-state index contributed by atoms with van der Waals surface area (Å²) in [5, 5.41) is 8.92. The molecule has 0 saturated carbocycles. The van der Waals surface area contributed by atoms with Gasteiger partial charge in [-0.15, -0.1) is 0 Å². The van der Waals surface area contributed by atoms with Crippen LogP contribution < -0.4 is 5.32 Å². The van der Waals surface area contributed by atoms with Crippen molar-refractivity contribution in [2.45, 2.75) is 12.7 Å². The van der Waals surface area contributed by atoms with Crippen LogP contribution >= 0.6 is 27.5 Å². The molecule has 148 valence electrons. The smallest absolute Gasteiger partial charge is 0.303 e. The fourth-order valence-electron chi connectivity index (χ4n) is 2.46. The number of carbonyl (C=O) groups is 1. The average Bonchev–Trinajstić information content (AvgIpc) is 3.08. The van der Waals surface area contributed by atoms with E-state index in [0.717, 1.165) is 4.68 Å². The van der Waals surface area contributed by atoms with Gasteiger partial charge in [-0.2, -0.15) is 23.4 Å². The van der Waals surface area contributed by atoms with Crippen LogP contribution in [0.5, 0.6) is 0 Å². The minimum absolute atomic E-state index is 0.0344. The third-order valence-electron chi connectivity index (χ3n) is 3.71. The summed E-state index contributed by atoms with van der Waals surface area (Å²) >= 11 is 8.90. The molecule has 3 rings (SSSR count). The Morgan fingerprint density at radius 1 is 1.29 bits per heavy atom. The van der Waals surface area contributed by atoms with Crippen molar-refractivity contribution in [2.24, 2.45) is 7.05 Å². The largest absolute Gasteiger partial charge is 0.436 e. The molecule has 1 aromatic carbocycles. The fourth-order valence-corrected chi connectivity index (χ4v) is 3.22. The van der Waals surface area contributed by atoms with Gasteiger partial charge in [-0.1, -0.05) is 29.8 Å². The first kappa shape index (κ1) is 20.3. The SMILES string of the molecule is Cn1nc(C(F)(F)F)c(Cl)c1C(=O)Nc1nn(Cc2ccccc2F)cc1Br. The topological polar surface area (TPSA) is 64.7 Å². The van der Waals surface area contributed by atoms with Gasteiger partial charge in [-0.25, -0.2) is 4.39 Å². The highest BCUT2D eigenvalue weighted by atomic mass is 79.9. The number of hydrogen-bond acceptors (Lipinski definition) is 3. The Bertz CT molecular complexity index is 1050. The van der Waals surface area contributed by atoms with E-state index >= 15 is 0 Å². The van der Waals surface area contributed by atoms with Crippen molar-refractivity contribution in [1.29, 1.82) is 0 Å². The van der Waals surface area contributed by atoms with Crippen molar-refractivity contribution in [2.75, 3.05) is 5.32 Å². The Morgan fingerprint density at radius 2 is 1.96 bits per heavy atom. The number of halogens is 6. The molecule has 0 aliphatic heterocycles. The number of amides is 1. The summed E-state index contributed by atoms with van der Waals surface area (Å²) in [6.45, 7) is 0.0891. The number of benzene rings is 1. The lowest BCUT2D eigenvalue weighted by Crippen LogP contribution is -2.17. The van der Waals surface area contributed by atoms with Crippen molar-refractivity contribution in [3.05, 3.63) is 62.7 Å². The molecule has 0 fully saturated rings. The predicted octanol–water partition coefficient (Wildman–Crippen LogP) is 4.49. The quantitative estimate of drug-likeness (QED) is 0.560. The fraction of sp³-hybridized carbons (Fsp3) is 0.188. The Morgan fingerprint density at radius 3 is 2.57 bits per heavy atom. The van der Waals surface area contributed by atoms with Crippen LogP contribution in [0.25, 0.3) is 0 Å². The molecule has 1 N–H and O–H groups in total. The van der Waals surface area contributed by atoms with Crippen LogP contribution in [0, 0.1) is 5.82 Å². The molecule has 0 radical (unpaired) electrons. The molecule has 0 unspecified atom stereocenters. The van der Waals surface area contributed by atoms with Crippen LogP contribution in [-0.2, 0) is 19.8 Å². The Balaban J connectivity index is 1.83. The second kappa shape index (κ2) is 7.55. The summed E-state index contributed by atoms with van der Waals surface area (Å²) in [6, 6.07) is 6.11. The van der Waals surface area contributed by atoms with E-state index in [0.29, 0.717) is 10.0 Å². The highest BCUT2D eigenvalue weighted by Crippen LogP contribution is 2.35. The zero-order chi connectivity index (χ0) is 20.6. The Kier molecular flexibility index (Phi) is 5.48. The van der Waals surface area contributed by atoms with Gasteiger partial charge in [-0.05, 0) is 22.0 Å². The third-order valence-corrected chi connectivity index (χ3v) is 4.65. The van der Waals surface area contributed by atoms with Gasteiger partial charge in [0.25, 0.3) is 5.91 Å². The van der Waals surface area contributed by atoms with E-state index in [-0.39, 0.29) is 12.4 Å². The van der Waals surface area contributed by atoms with Crippen LogP contribution in [0.2, 0.25) is 5.02 Å². The van der Waals surface area contributed by atoms with E-state index in [1.807, 2.05) is 0 Å². The predicted molar refractivity (Wildman–Crippen MR) is 96.6 cm³/mol. The molecular formula is C16H11BrClF4N5O. The number of carbonyl (C=O) groups excluding carboxylic acids is 1. The molecule has 12 heteroatoms. The van der Waals surface area contributed by atoms with Gasteiger partial charge < -0.3 is 5.32 Å². The number of rotatable bonds is 4. The Labute approximate surface area is 169 Å². The van der Waals surface area contributed by atoms with Gasteiger partial charge in [0.15, 0.2) is 11.5 Å². The monoisotopic (exact) mass is 479 g/mol. The highest BCUT2D eigenvalue weighted by molar-refractivity contribution is 9.10. The van der Waals surface area contributed by atoms with Crippen LogP contribution in [0.15, 0.2) is 34.9 Å². The maximum atomic E-state index is 13.8. The van der Waals surface area contributed by atoms with E-state index in [9.17, 15) is 22.4 Å². The van der Waals surface area contributed by atoms with Crippen LogP contribution in [0.3, 0.4) is 0 Å². The summed E-state index contributed by atoms with van der Waals surface area (Å²) in [5.74, 6) is -1.31. The summed E-state index contributed by atoms with van der Waals surface area (Å²) in [6.07, 6.45) is -3.30. The standard InChI is InChI=1S/C16H11BrClF4N5O/c1-26-12(11(18)13(24-26)16(20,21)22)15(28)23-14-9(17)7-27(25-14)6-8-4-2-3-5-10(8)19/h2-5,7H,6H2,1H3,(H,23,25,28). The minimum Gasteiger partial charge on any atom is -0.303 e. The third kappa shape index (κ3) is 4.04. The first-order valence-corrected chi connectivity index (χ1v) is 8.82. The molecule has 6 nitrogen and oxygen atoms in total. The normalized spacial score (nSPS) is 11.7. The second-order valence-corrected chi connectivity index (χ2v) is 6.93. The summed E-state index contributed by atoms with van der Waals surface area (Å²) in [7, 11) is 1.17. The molecule has 0 atom stereocenters. The van der Waals surface area contributed by atoms with Crippen molar-refractivity contribution in [1.82, 2.24) is 19.6 Å². The van der Waals surface area contributed by atoms with Gasteiger partial charge in [0, 0.05) is 18.8 Å². The van der Waals surface area contributed by atoms with Gasteiger partial charge in [0.05, 0.1) is 11.0 Å². The number of aromatic nitrogens is 4. The minimum atomic E-state index is -4.80. The zero-order valence-electron chi connectivity index (χ0n) is 14.1. The Hall–Kier alpha value is -2.40. The number of hydrogen-bond donors (Lipinski definition) is 1. The molecule has 0 bridgehead atoms. The number of alkyl halides is 3. The molecule has 1 amide bonds. The van der Waals surface area contributed by atoms with Crippen molar-refractivity contribution < 1.29 is 22.4 Å². The second-order valence-electron chi connectivity index (χ2n) is 5.70. The van der Waals surface area contributed by atoms with E-state index in [4.69, 9.17) is 11.6 Å². The molecule has 0 aliphatic rings. The van der Waals surface area contributed by atoms with E-state index in [2.05, 4.69) is 31.4 Å². The summed E-state index contributed by atoms with van der Waals surface area (Å²) < 4.78 is 54.9. The van der Waals surface area contributed by atoms with Gasteiger partial charge in [0.2, 0.25) is 0 Å². The van der Waals surface area contributed by atoms with Crippen molar-refractivity contribution in [3.8, 4) is 0 Å². The van der Waals surface area contributed by atoms with E-state index in [1.165, 1.54) is 24.0 Å². The van der Waals surface area contributed by atoms with Crippen molar-refractivity contribution in [3.63, 3.8) is 0 Å². The number of nitrogens with zero attached hydrogens (tertiary/aromatic N) is 4. The highest BCUT2D eigenvalue weighted by Gasteiger charge is 2.39.